The molecule has 0 aliphatic heterocycles. The normalized spacial score (nSPS) is 13.1. The summed E-state index contributed by atoms with van der Waals surface area (Å²) < 4.78 is 26.5. The summed E-state index contributed by atoms with van der Waals surface area (Å²) in [6, 6.07) is 1.45. The molecule has 6 nitrogen and oxygen atoms in total. The zero-order valence-corrected chi connectivity index (χ0v) is 15.1. The van der Waals surface area contributed by atoms with Crippen LogP contribution >= 0.6 is 11.3 Å². The van der Waals surface area contributed by atoms with Crippen molar-refractivity contribution in [3.63, 3.8) is 0 Å². The van der Waals surface area contributed by atoms with Gasteiger partial charge in [-0.3, -0.25) is 9.59 Å². The third-order valence-electron chi connectivity index (χ3n) is 3.51. The number of hydrogen-bond donors (Lipinski definition) is 3. The number of rotatable bonds is 7. The fourth-order valence-corrected chi connectivity index (χ4v) is 2.96. The van der Waals surface area contributed by atoms with E-state index in [1.807, 2.05) is 13.8 Å². The van der Waals surface area contributed by atoms with Crippen molar-refractivity contribution < 1.29 is 23.5 Å². The molecule has 3 N–H and O–H groups in total. The average Bonchev–Trinajstić information content (AvgIpc) is 2.97. The highest BCUT2D eigenvalue weighted by Gasteiger charge is 2.26. The molecule has 2 aromatic rings. The van der Waals surface area contributed by atoms with Crippen LogP contribution in [0.4, 0.5) is 13.9 Å². The number of carbonyl (C=O) groups excluding carboxylic acids is 2. The number of aryl methyl sites for hydroxylation is 1. The molecule has 2 amide bonds. The number of aliphatic hydroxyl groups excluding tert-OH is 1. The molecule has 0 saturated heterocycles. The van der Waals surface area contributed by atoms with Gasteiger partial charge in [-0.05, 0) is 31.0 Å². The average molecular weight is 383 g/mol. The minimum Gasteiger partial charge on any atom is -0.378 e. The molecule has 2 rings (SSSR count). The van der Waals surface area contributed by atoms with E-state index in [-0.39, 0.29) is 5.56 Å². The summed E-state index contributed by atoms with van der Waals surface area (Å²) >= 11 is 1.29. The monoisotopic (exact) mass is 383 g/mol. The first kappa shape index (κ1) is 19.9. The van der Waals surface area contributed by atoms with Crippen LogP contribution in [0.5, 0.6) is 0 Å². The number of thiazole rings is 1. The molecule has 1 heterocycles. The predicted octanol–water partition coefficient (Wildman–Crippen LogP) is 2.69. The topological polar surface area (TPSA) is 91.3 Å². The van der Waals surface area contributed by atoms with Gasteiger partial charge < -0.3 is 15.7 Å². The zero-order chi connectivity index (χ0) is 19.3. The molecule has 0 aliphatic carbocycles. The molecule has 0 bridgehead atoms. The Labute approximate surface area is 153 Å². The predicted molar refractivity (Wildman–Crippen MR) is 93.6 cm³/mol. The molecular formula is C17H19F2N3O3S. The van der Waals surface area contributed by atoms with Gasteiger partial charge in [-0.25, -0.2) is 13.8 Å². The van der Waals surface area contributed by atoms with Crippen LogP contribution in [0.1, 0.15) is 36.3 Å². The van der Waals surface area contributed by atoms with Gasteiger partial charge in [-0.2, -0.15) is 0 Å². The summed E-state index contributed by atoms with van der Waals surface area (Å²) in [5.74, 6) is -3.21. The third-order valence-corrected chi connectivity index (χ3v) is 4.34. The number of hydrogen-bond acceptors (Lipinski definition) is 5. The number of halogens is 2. The minimum atomic E-state index is -1.80. The lowest BCUT2D eigenvalue weighted by Gasteiger charge is -2.19. The first-order valence-corrected chi connectivity index (χ1v) is 8.79. The van der Waals surface area contributed by atoms with E-state index in [4.69, 9.17) is 0 Å². The van der Waals surface area contributed by atoms with E-state index in [9.17, 15) is 23.5 Å². The number of anilines is 1. The molecule has 0 saturated carbocycles. The second-order valence-electron chi connectivity index (χ2n) is 5.72. The van der Waals surface area contributed by atoms with Gasteiger partial charge in [0.05, 0.1) is 0 Å². The van der Waals surface area contributed by atoms with Crippen LogP contribution in [0.15, 0.2) is 24.4 Å². The first-order valence-electron chi connectivity index (χ1n) is 7.98. The Balaban J connectivity index is 2.07. The van der Waals surface area contributed by atoms with Gasteiger partial charge in [0.15, 0.2) is 11.2 Å². The molecular weight excluding hydrogens is 364 g/mol. The third kappa shape index (κ3) is 5.30. The maximum Gasteiger partial charge on any atom is 0.254 e. The summed E-state index contributed by atoms with van der Waals surface area (Å²) in [5.41, 5.74) is -0.230. The van der Waals surface area contributed by atoms with E-state index >= 15 is 0 Å². The molecule has 9 heteroatoms. The van der Waals surface area contributed by atoms with Gasteiger partial charge in [0.1, 0.15) is 17.7 Å². The molecule has 0 spiro atoms. The van der Waals surface area contributed by atoms with E-state index < -0.39 is 35.6 Å². The van der Waals surface area contributed by atoms with Gasteiger partial charge in [0.25, 0.3) is 5.91 Å². The molecule has 26 heavy (non-hydrogen) atoms. The van der Waals surface area contributed by atoms with E-state index in [0.29, 0.717) is 24.0 Å². The van der Waals surface area contributed by atoms with Gasteiger partial charge in [-0.1, -0.05) is 13.3 Å². The Morgan fingerprint density at radius 2 is 1.88 bits per heavy atom. The second kappa shape index (κ2) is 8.81. The maximum atomic E-state index is 13.3. The van der Waals surface area contributed by atoms with Crippen LogP contribution in [-0.4, -0.2) is 27.9 Å². The van der Waals surface area contributed by atoms with Gasteiger partial charge >= 0.3 is 0 Å². The van der Waals surface area contributed by atoms with E-state index in [0.717, 1.165) is 17.0 Å². The Kier molecular flexibility index (Phi) is 6.76. The van der Waals surface area contributed by atoms with Gasteiger partial charge in [0.2, 0.25) is 5.91 Å². The smallest absolute Gasteiger partial charge is 0.254 e. The summed E-state index contributed by atoms with van der Waals surface area (Å²) in [7, 11) is 0. The number of aliphatic hydroxyl groups is 1. The van der Waals surface area contributed by atoms with Gasteiger partial charge in [0, 0.05) is 17.1 Å². The SMILES string of the molecule is CCCC(NC(=O)C(O)c1cc(F)cc(F)c1)C(=O)Nc1ncc(C)s1. The molecule has 0 radical (unpaired) electrons. The summed E-state index contributed by atoms with van der Waals surface area (Å²) in [4.78, 5) is 29.5. The van der Waals surface area contributed by atoms with Gasteiger partial charge in [-0.15, -0.1) is 11.3 Å². The van der Waals surface area contributed by atoms with Crippen molar-refractivity contribution in [2.75, 3.05) is 5.32 Å². The van der Waals surface area contributed by atoms with Crippen LogP contribution < -0.4 is 10.6 Å². The minimum absolute atomic E-state index is 0.230. The summed E-state index contributed by atoms with van der Waals surface area (Å²) in [6.45, 7) is 3.67. The van der Waals surface area contributed by atoms with Crippen molar-refractivity contribution in [2.45, 2.75) is 38.8 Å². The first-order chi connectivity index (χ1) is 12.3. The number of benzene rings is 1. The Hall–Kier alpha value is -2.39. The highest BCUT2D eigenvalue weighted by molar-refractivity contribution is 7.15. The number of carbonyl (C=O) groups is 2. The van der Waals surface area contributed by atoms with E-state index in [1.165, 1.54) is 11.3 Å². The molecule has 2 unspecified atom stereocenters. The van der Waals surface area contributed by atoms with Crippen molar-refractivity contribution in [1.82, 2.24) is 10.3 Å². The lowest BCUT2D eigenvalue weighted by atomic mass is 10.1. The maximum absolute atomic E-state index is 13.3. The number of amides is 2. The quantitative estimate of drug-likeness (QED) is 0.686. The molecule has 1 aromatic heterocycles. The number of nitrogens with zero attached hydrogens (tertiary/aromatic N) is 1. The van der Waals surface area contributed by atoms with Crippen molar-refractivity contribution in [3.8, 4) is 0 Å². The fourth-order valence-electron chi connectivity index (χ4n) is 2.30. The number of nitrogens with one attached hydrogen (secondary N) is 2. The van der Waals surface area contributed by atoms with Crippen LogP contribution in [0.3, 0.4) is 0 Å². The highest BCUT2D eigenvalue weighted by Crippen LogP contribution is 2.19. The van der Waals surface area contributed by atoms with E-state index in [2.05, 4.69) is 15.6 Å². The molecule has 0 fully saturated rings. The largest absolute Gasteiger partial charge is 0.378 e. The fraction of sp³-hybridized carbons (Fsp3) is 0.353. The molecule has 140 valence electrons. The summed E-state index contributed by atoms with van der Waals surface area (Å²) in [6.07, 6.45) is 0.733. The van der Waals surface area contributed by atoms with E-state index in [1.54, 1.807) is 6.20 Å². The lowest BCUT2D eigenvalue weighted by Crippen LogP contribution is -2.45. The Morgan fingerprint density at radius 1 is 1.23 bits per heavy atom. The molecule has 0 aliphatic rings. The van der Waals surface area contributed by atoms with Crippen LogP contribution in [-0.2, 0) is 9.59 Å². The summed E-state index contributed by atoms with van der Waals surface area (Å²) in [5, 5.41) is 15.5. The number of aromatic nitrogens is 1. The zero-order valence-electron chi connectivity index (χ0n) is 14.3. The van der Waals surface area contributed by atoms with Crippen molar-refractivity contribution in [2.24, 2.45) is 0 Å². The lowest BCUT2D eigenvalue weighted by molar-refractivity contribution is -0.133. The van der Waals surface area contributed by atoms with Crippen LogP contribution in [0.2, 0.25) is 0 Å². The van der Waals surface area contributed by atoms with Crippen LogP contribution in [0, 0.1) is 18.6 Å². The molecule has 2 atom stereocenters. The Morgan fingerprint density at radius 3 is 2.42 bits per heavy atom. The van der Waals surface area contributed by atoms with Crippen molar-refractivity contribution in [1.29, 1.82) is 0 Å². The second-order valence-corrected chi connectivity index (χ2v) is 6.96. The van der Waals surface area contributed by atoms with Crippen molar-refractivity contribution in [3.05, 3.63) is 46.5 Å². The Bertz CT molecular complexity index is 777. The molecule has 1 aromatic carbocycles. The van der Waals surface area contributed by atoms with Crippen molar-refractivity contribution >= 4 is 28.3 Å². The highest BCUT2D eigenvalue weighted by atomic mass is 32.1. The van der Waals surface area contributed by atoms with Crippen LogP contribution in [0.25, 0.3) is 0 Å². The standard InChI is InChI=1S/C17H19F2N3O3S/c1-3-4-13(15(24)22-17-20-8-9(2)26-17)21-16(25)14(23)10-5-11(18)7-12(19)6-10/h5-8,13-14,23H,3-4H2,1-2H3,(H,21,25)(H,20,22,24).